The molecule has 2 N–H and O–H groups in total. The molecule has 0 spiro atoms. The lowest BCUT2D eigenvalue weighted by Crippen LogP contribution is -2.09. The van der Waals surface area contributed by atoms with E-state index in [0.717, 1.165) is 6.08 Å². The van der Waals surface area contributed by atoms with Crippen LogP contribution in [0.5, 0.6) is 5.75 Å². The number of aliphatic hydroxyl groups excluding tert-OH is 1. The number of hydrogen-bond donors (Lipinski definition) is 2. The zero-order valence-corrected chi connectivity index (χ0v) is 17.5. The first-order chi connectivity index (χ1) is 14.8. The van der Waals surface area contributed by atoms with Gasteiger partial charge in [0.1, 0.15) is 23.2 Å². The topological polar surface area (TPSA) is 58.2 Å². The van der Waals surface area contributed by atoms with Crippen molar-refractivity contribution in [2.75, 3.05) is 7.11 Å². The van der Waals surface area contributed by atoms with Gasteiger partial charge in [-0.15, -0.1) is 0 Å². The van der Waals surface area contributed by atoms with Crippen molar-refractivity contribution >= 4 is 27.9 Å². The molecule has 0 amide bonds. The van der Waals surface area contributed by atoms with E-state index in [4.69, 9.17) is 10.1 Å². The molecule has 0 bridgehead atoms. The van der Waals surface area contributed by atoms with E-state index in [2.05, 4.69) is 13.2 Å². The minimum atomic E-state index is -0.782. The zero-order chi connectivity index (χ0) is 22.7. The number of methoxy groups -OCH3 is 1. The maximum atomic E-state index is 14.2. The van der Waals surface area contributed by atoms with Gasteiger partial charge in [-0.05, 0) is 31.2 Å². The smallest absolute Gasteiger partial charge is 0.132 e. The standard InChI is InChI=1S/C25H24F2N2O2/c1-5-18(27)12-17(15(2)26)14-29-23-11-10-19(31-4)13-21(23)24(25(29)16(3)30)20-8-6-7-9-22(20)28/h5-8,10-13,28,30H,2-3,9,14H2,1,4H3/b17-12-,18-5+,28-22?. The molecule has 31 heavy (non-hydrogen) atoms. The monoisotopic (exact) mass is 422 g/mol. The van der Waals surface area contributed by atoms with Gasteiger partial charge >= 0.3 is 0 Å². The van der Waals surface area contributed by atoms with E-state index < -0.39 is 11.7 Å². The summed E-state index contributed by atoms with van der Waals surface area (Å²) in [7, 11) is 1.54. The van der Waals surface area contributed by atoms with Crippen LogP contribution >= 0.6 is 0 Å². The Morgan fingerprint density at radius 3 is 2.65 bits per heavy atom. The molecule has 0 aliphatic heterocycles. The number of rotatable bonds is 7. The molecular formula is C25H24F2N2O2. The Labute approximate surface area is 180 Å². The summed E-state index contributed by atoms with van der Waals surface area (Å²) in [5.41, 5.74) is 2.57. The highest BCUT2D eigenvalue weighted by atomic mass is 19.1. The third-order valence-corrected chi connectivity index (χ3v) is 5.12. The van der Waals surface area contributed by atoms with Crippen LogP contribution in [-0.2, 0) is 6.54 Å². The van der Waals surface area contributed by atoms with Gasteiger partial charge < -0.3 is 19.8 Å². The van der Waals surface area contributed by atoms with E-state index in [0.29, 0.717) is 45.6 Å². The molecule has 1 aromatic carbocycles. The number of ether oxygens (including phenoxy) is 1. The van der Waals surface area contributed by atoms with Crippen LogP contribution < -0.4 is 4.74 Å². The Morgan fingerprint density at radius 1 is 1.32 bits per heavy atom. The predicted molar refractivity (Wildman–Crippen MR) is 123 cm³/mol. The molecule has 0 fully saturated rings. The summed E-state index contributed by atoms with van der Waals surface area (Å²) in [6, 6.07) is 5.31. The first-order valence-corrected chi connectivity index (χ1v) is 9.69. The molecule has 1 heterocycles. The highest BCUT2D eigenvalue weighted by molar-refractivity contribution is 6.27. The van der Waals surface area contributed by atoms with Crippen LogP contribution in [0.2, 0.25) is 0 Å². The van der Waals surface area contributed by atoms with Crippen LogP contribution in [0, 0.1) is 5.41 Å². The van der Waals surface area contributed by atoms with Gasteiger partial charge in [-0.1, -0.05) is 37.5 Å². The Hall–Kier alpha value is -3.67. The summed E-state index contributed by atoms with van der Waals surface area (Å²) in [5.74, 6) is -1.04. The third-order valence-electron chi connectivity index (χ3n) is 5.12. The van der Waals surface area contributed by atoms with Crippen LogP contribution in [0.15, 0.2) is 79.0 Å². The fourth-order valence-corrected chi connectivity index (χ4v) is 3.62. The van der Waals surface area contributed by atoms with Crippen molar-refractivity contribution in [3.63, 3.8) is 0 Å². The van der Waals surface area contributed by atoms with Gasteiger partial charge in [0, 0.05) is 39.7 Å². The number of fused-ring (bicyclic) bond motifs is 1. The average Bonchev–Trinajstić information content (AvgIpc) is 3.06. The number of halogens is 2. The van der Waals surface area contributed by atoms with Crippen molar-refractivity contribution in [1.29, 1.82) is 5.41 Å². The van der Waals surface area contributed by atoms with Gasteiger partial charge in [-0.3, -0.25) is 0 Å². The van der Waals surface area contributed by atoms with Crippen molar-refractivity contribution in [1.82, 2.24) is 4.57 Å². The second-order valence-corrected chi connectivity index (χ2v) is 7.08. The van der Waals surface area contributed by atoms with Crippen LogP contribution in [0.3, 0.4) is 0 Å². The molecular weight excluding hydrogens is 398 g/mol. The number of benzene rings is 1. The number of hydrogen-bond acceptors (Lipinski definition) is 3. The molecule has 0 atom stereocenters. The lowest BCUT2D eigenvalue weighted by Gasteiger charge is -2.15. The zero-order valence-electron chi connectivity index (χ0n) is 17.5. The molecule has 1 aliphatic carbocycles. The lowest BCUT2D eigenvalue weighted by molar-refractivity contribution is 0.415. The molecule has 160 valence electrons. The van der Waals surface area contributed by atoms with Crippen LogP contribution in [0.4, 0.5) is 8.78 Å². The highest BCUT2D eigenvalue weighted by Gasteiger charge is 2.25. The van der Waals surface area contributed by atoms with Crippen molar-refractivity contribution < 1.29 is 18.6 Å². The van der Waals surface area contributed by atoms with Gasteiger partial charge in [0.15, 0.2) is 0 Å². The molecule has 1 aromatic heterocycles. The van der Waals surface area contributed by atoms with E-state index in [-0.39, 0.29) is 17.9 Å². The van der Waals surface area contributed by atoms with E-state index in [1.54, 1.807) is 36.0 Å². The van der Waals surface area contributed by atoms with E-state index in [1.165, 1.54) is 13.0 Å². The minimum absolute atomic E-state index is 0.0185. The summed E-state index contributed by atoms with van der Waals surface area (Å²) >= 11 is 0. The van der Waals surface area contributed by atoms with Gasteiger partial charge in [0.2, 0.25) is 0 Å². The summed E-state index contributed by atoms with van der Waals surface area (Å²) in [6.07, 6.45) is 8.24. The van der Waals surface area contributed by atoms with E-state index >= 15 is 0 Å². The summed E-state index contributed by atoms with van der Waals surface area (Å²) < 4.78 is 35.1. The van der Waals surface area contributed by atoms with Gasteiger partial charge in [0.25, 0.3) is 0 Å². The number of aliphatic hydroxyl groups is 1. The minimum Gasteiger partial charge on any atom is -0.506 e. The van der Waals surface area contributed by atoms with Crippen LogP contribution in [0.1, 0.15) is 24.6 Å². The Kier molecular flexibility index (Phi) is 6.39. The number of nitrogens with one attached hydrogen (secondary N) is 1. The molecule has 1 aliphatic rings. The van der Waals surface area contributed by atoms with Gasteiger partial charge in [-0.25, -0.2) is 8.78 Å². The third kappa shape index (κ3) is 4.28. The molecule has 6 heteroatoms. The first kappa shape index (κ1) is 22.0. The molecule has 0 saturated heterocycles. The molecule has 0 radical (unpaired) electrons. The second-order valence-electron chi connectivity index (χ2n) is 7.08. The van der Waals surface area contributed by atoms with Crippen molar-refractivity contribution in [2.24, 2.45) is 0 Å². The molecule has 0 saturated carbocycles. The second kappa shape index (κ2) is 9.00. The van der Waals surface area contributed by atoms with E-state index in [1.807, 2.05) is 12.2 Å². The summed E-state index contributed by atoms with van der Waals surface area (Å²) in [6.45, 7) is 8.45. The van der Waals surface area contributed by atoms with Gasteiger partial charge in [-0.2, -0.15) is 0 Å². The quantitative estimate of drug-likeness (QED) is 0.380. The number of nitrogens with zero attached hydrogens (tertiary/aromatic N) is 1. The SMILES string of the molecule is C=C(F)/C(=C\C(F)=C/C)Cn1c(C(=C)O)c(C2=CC=CCC2=N)c2cc(OC)ccc21. The van der Waals surface area contributed by atoms with Crippen LogP contribution in [-0.4, -0.2) is 22.5 Å². The summed E-state index contributed by atoms with van der Waals surface area (Å²) in [4.78, 5) is 0. The largest absolute Gasteiger partial charge is 0.506 e. The Bertz CT molecular complexity index is 1210. The first-order valence-electron chi connectivity index (χ1n) is 9.69. The fraction of sp³-hybridized carbons (Fsp3) is 0.160. The van der Waals surface area contributed by atoms with Crippen molar-refractivity contribution in [3.8, 4) is 5.75 Å². The van der Waals surface area contributed by atoms with Crippen molar-refractivity contribution in [2.45, 2.75) is 19.9 Å². The normalized spacial score (nSPS) is 14.7. The average molecular weight is 422 g/mol. The van der Waals surface area contributed by atoms with E-state index in [9.17, 15) is 13.9 Å². The van der Waals surface area contributed by atoms with Gasteiger partial charge in [0.05, 0.1) is 19.3 Å². The number of allylic oxidation sites excluding steroid dienone is 9. The van der Waals surface area contributed by atoms with Crippen LogP contribution in [0.25, 0.3) is 22.2 Å². The maximum absolute atomic E-state index is 14.2. The Balaban J connectivity index is 2.37. The molecule has 4 nitrogen and oxygen atoms in total. The van der Waals surface area contributed by atoms with Crippen molar-refractivity contribution in [3.05, 3.63) is 90.2 Å². The molecule has 3 rings (SSSR count). The highest BCUT2D eigenvalue weighted by Crippen LogP contribution is 2.39. The number of aromatic nitrogens is 1. The predicted octanol–water partition coefficient (Wildman–Crippen LogP) is 6.82. The maximum Gasteiger partial charge on any atom is 0.132 e. The molecule has 0 unspecified atom stereocenters. The Morgan fingerprint density at radius 2 is 2.06 bits per heavy atom. The lowest BCUT2D eigenvalue weighted by atomic mass is 9.92. The molecule has 2 aromatic rings. The summed E-state index contributed by atoms with van der Waals surface area (Å²) in [5, 5.41) is 19.6. The fourth-order valence-electron chi connectivity index (χ4n) is 3.62.